The highest BCUT2D eigenvalue weighted by Gasteiger charge is 2.21. The summed E-state index contributed by atoms with van der Waals surface area (Å²) < 4.78 is 5.08. The first-order valence-corrected chi connectivity index (χ1v) is 4.13. The molecule has 1 aliphatic heterocycles. The SMILES string of the molecule is COc1ccnc2c1C(=O)CCN2. The second kappa shape index (κ2) is 3.05. The smallest absolute Gasteiger partial charge is 0.172 e. The molecule has 0 spiro atoms. The van der Waals surface area contributed by atoms with Crippen LogP contribution in [0.4, 0.5) is 5.82 Å². The second-order valence-corrected chi connectivity index (χ2v) is 2.84. The Kier molecular flexibility index (Phi) is 1.88. The fourth-order valence-corrected chi connectivity index (χ4v) is 1.44. The van der Waals surface area contributed by atoms with Gasteiger partial charge in [-0.05, 0) is 6.07 Å². The van der Waals surface area contributed by atoms with Crippen LogP contribution >= 0.6 is 0 Å². The number of pyridine rings is 1. The van der Waals surface area contributed by atoms with Crippen LogP contribution in [0.3, 0.4) is 0 Å². The number of nitrogens with zero attached hydrogens (tertiary/aromatic N) is 1. The summed E-state index contributed by atoms with van der Waals surface area (Å²) >= 11 is 0. The molecule has 0 amide bonds. The number of ether oxygens (including phenoxy) is 1. The van der Waals surface area contributed by atoms with Gasteiger partial charge in [0.25, 0.3) is 0 Å². The van der Waals surface area contributed by atoms with E-state index in [9.17, 15) is 4.79 Å². The zero-order valence-electron chi connectivity index (χ0n) is 7.33. The maximum absolute atomic E-state index is 11.5. The summed E-state index contributed by atoms with van der Waals surface area (Å²) in [6.45, 7) is 0.659. The lowest BCUT2D eigenvalue weighted by Gasteiger charge is -2.17. The summed E-state index contributed by atoms with van der Waals surface area (Å²) in [7, 11) is 1.55. The Morgan fingerprint density at radius 2 is 2.46 bits per heavy atom. The van der Waals surface area contributed by atoms with Crippen molar-refractivity contribution in [2.45, 2.75) is 6.42 Å². The molecule has 1 aromatic heterocycles. The predicted octanol–water partition coefficient (Wildman–Crippen LogP) is 1.09. The lowest BCUT2D eigenvalue weighted by atomic mass is 10.1. The molecular formula is C9H10N2O2. The van der Waals surface area contributed by atoms with Gasteiger partial charge in [-0.1, -0.05) is 0 Å². The lowest BCUT2D eigenvalue weighted by molar-refractivity contribution is 0.0980. The minimum absolute atomic E-state index is 0.0960. The van der Waals surface area contributed by atoms with Gasteiger partial charge in [0, 0.05) is 19.2 Å². The summed E-state index contributed by atoms with van der Waals surface area (Å²) in [5.41, 5.74) is 0.580. The molecule has 0 saturated heterocycles. The first-order valence-electron chi connectivity index (χ1n) is 4.13. The van der Waals surface area contributed by atoms with E-state index in [1.54, 1.807) is 19.4 Å². The molecule has 0 radical (unpaired) electrons. The molecule has 2 rings (SSSR count). The Balaban J connectivity index is 2.56. The number of anilines is 1. The van der Waals surface area contributed by atoms with Crippen LogP contribution < -0.4 is 10.1 Å². The maximum Gasteiger partial charge on any atom is 0.172 e. The molecule has 1 aromatic rings. The molecule has 0 fully saturated rings. The Hall–Kier alpha value is -1.58. The Morgan fingerprint density at radius 3 is 3.23 bits per heavy atom. The lowest BCUT2D eigenvalue weighted by Crippen LogP contribution is -2.19. The molecule has 1 aliphatic rings. The zero-order chi connectivity index (χ0) is 9.26. The average molecular weight is 178 g/mol. The van der Waals surface area contributed by atoms with Crippen LogP contribution in [-0.4, -0.2) is 24.4 Å². The second-order valence-electron chi connectivity index (χ2n) is 2.84. The van der Waals surface area contributed by atoms with Crippen LogP contribution in [0, 0.1) is 0 Å². The van der Waals surface area contributed by atoms with E-state index in [2.05, 4.69) is 10.3 Å². The van der Waals surface area contributed by atoms with Crippen molar-refractivity contribution in [2.75, 3.05) is 19.0 Å². The van der Waals surface area contributed by atoms with Gasteiger partial charge in [-0.2, -0.15) is 0 Å². The number of methoxy groups -OCH3 is 1. The van der Waals surface area contributed by atoms with E-state index >= 15 is 0 Å². The predicted molar refractivity (Wildman–Crippen MR) is 48.2 cm³/mol. The van der Waals surface area contributed by atoms with E-state index in [4.69, 9.17) is 4.74 Å². The van der Waals surface area contributed by atoms with Gasteiger partial charge in [0.05, 0.1) is 7.11 Å². The van der Waals surface area contributed by atoms with Gasteiger partial charge >= 0.3 is 0 Å². The fourth-order valence-electron chi connectivity index (χ4n) is 1.44. The Morgan fingerprint density at radius 1 is 1.62 bits per heavy atom. The van der Waals surface area contributed by atoms with Gasteiger partial charge in [0.2, 0.25) is 0 Å². The van der Waals surface area contributed by atoms with Crippen molar-refractivity contribution >= 4 is 11.6 Å². The molecule has 0 bridgehead atoms. The maximum atomic E-state index is 11.5. The number of rotatable bonds is 1. The first kappa shape index (κ1) is 8.04. The molecule has 0 aliphatic carbocycles. The van der Waals surface area contributed by atoms with E-state index < -0.39 is 0 Å². The molecule has 13 heavy (non-hydrogen) atoms. The molecule has 4 nitrogen and oxygen atoms in total. The van der Waals surface area contributed by atoms with Gasteiger partial charge in [-0.15, -0.1) is 0 Å². The molecule has 0 saturated carbocycles. The summed E-state index contributed by atoms with van der Waals surface area (Å²) in [6.07, 6.45) is 2.14. The monoisotopic (exact) mass is 178 g/mol. The molecule has 1 N–H and O–H groups in total. The van der Waals surface area contributed by atoms with Crippen LogP contribution in [0.1, 0.15) is 16.8 Å². The van der Waals surface area contributed by atoms with Gasteiger partial charge in [0.15, 0.2) is 5.78 Å². The zero-order valence-corrected chi connectivity index (χ0v) is 7.33. The van der Waals surface area contributed by atoms with Gasteiger partial charge in [0.1, 0.15) is 17.1 Å². The van der Waals surface area contributed by atoms with E-state index in [0.29, 0.717) is 30.1 Å². The summed E-state index contributed by atoms with van der Waals surface area (Å²) in [6, 6.07) is 1.70. The van der Waals surface area contributed by atoms with Crippen molar-refractivity contribution in [2.24, 2.45) is 0 Å². The van der Waals surface area contributed by atoms with Crippen LogP contribution in [0.15, 0.2) is 12.3 Å². The van der Waals surface area contributed by atoms with E-state index in [-0.39, 0.29) is 5.78 Å². The van der Waals surface area contributed by atoms with Crippen molar-refractivity contribution in [3.63, 3.8) is 0 Å². The van der Waals surface area contributed by atoms with Crippen LogP contribution in [-0.2, 0) is 0 Å². The quantitative estimate of drug-likeness (QED) is 0.699. The molecular weight excluding hydrogens is 168 g/mol. The molecule has 0 unspecified atom stereocenters. The molecule has 68 valence electrons. The van der Waals surface area contributed by atoms with Crippen LogP contribution in [0.2, 0.25) is 0 Å². The molecule has 2 heterocycles. The standard InChI is InChI=1S/C9H10N2O2/c1-13-7-3-5-11-9-8(7)6(12)2-4-10-9/h3,5H,2,4H2,1H3,(H,10,11). The summed E-state index contributed by atoms with van der Waals surface area (Å²) in [4.78, 5) is 15.6. The van der Waals surface area contributed by atoms with Gasteiger partial charge in [-0.3, -0.25) is 4.79 Å². The number of carbonyl (C=O) groups excluding carboxylic acids is 1. The third kappa shape index (κ3) is 1.24. The van der Waals surface area contributed by atoms with E-state index in [1.807, 2.05) is 0 Å². The van der Waals surface area contributed by atoms with E-state index in [1.165, 1.54) is 0 Å². The van der Waals surface area contributed by atoms with Crippen LogP contribution in [0.25, 0.3) is 0 Å². The topological polar surface area (TPSA) is 51.2 Å². The number of Topliss-reactive ketones (excluding diaryl/α,β-unsaturated/α-hetero) is 1. The number of carbonyl (C=O) groups is 1. The minimum Gasteiger partial charge on any atom is -0.496 e. The molecule has 4 heteroatoms. The Bertz CT molecular complexity index is 335. The number of ketones is 1. The average Bonchev–Trinajstić information content (AvgIpc) is 2.17. The van der Waals surface area contributed by atoms with Crippen LogP contribution in [0.5, 0.6) is 5.75 Å². The van der Waals surface area contributed by atoms with E-state index in [0.717, 1.165) is 0 Å². The highest BCUT2D eigenvalue weighted by Crippen LogP contribution is 2.27. The largest absolute Gasteiger partial charge is 0.496 e. The molecule has 0 atom stereocenters. The minimum atomic E-state index is 0.0960. The first-order chi connectivity index (χ1) is 6.33. The number of hydrogen-bond donors (Lipinski definition) is 1. The normalized spacial score (nSPS) is 14.7. The van der Waals surface area contributed by atoms with Crippen molar-refractivity contribution in [3.05, 3.63) is 17.8 Å². The highest BCUT2D eigenvalue weighted by atomic mass is 16.5. The number of fused-ring (bicyclic) bond motifs is 1. The third-order valence-corrected chi connectivity index (χ3v) is 2.06. The van der Waals surface area contributed by atoms with Crippen molar-refractivity contribution in [3.8, 4) is 5.75 Å². The van der Waals surface area contributed by atoms with Gasteiger partial charge in [-0.25, -0.2) is 4.98 Å². The number of nitrogens with one attached hydrogen (secondary N) is 1. The number of hydrogen-bond acceptors (Lipinski definition) is 4. The summed E-state index contributed by atoms with van der Waals surface area (Å²) in [5.74, 6) is 1.33. The summed E-state index contributed by atoms with van der Waals surface area (Å²) in [5, 5.41) is 3.06. The highest BCUT2D eigenvalue weighted by molar-refractivity contribution is 6.04. The number of aromatic nitrogens is 1. The Labute approximate surface area is 75.9 Å². The van der Waals surface area contributed by atoms with Crippen molar-refractivity contribution in [1.82, 2.24) is 4.98 Å². The molecule has 0 aromatic carbocycles. The van der Waals surface area contributed by atoms with Gasteiger partial charge < -0.3 is 10.1 Å². The van der Waals surface area contributed by atoms with Crippen molar-refractivity contribution in [1.29, 1.82) is 0 Å². The fraction of sp³-hybridized carbons (Fsp3) is 0.333. The third-order valence-electron chi connectivity index (χ3n) is 2.06. The van der Waals surface area contributed by atoms with Crippen molar-refractivity contribution < 1.29 is 9.53 Å².